The number of fused-ring (bicyclic) bond motifs is 1. The van der Waals surface area contributed by atoms with E-state index in [-0.39, 0.29) is 11.3 Å². The molecule has 4 nitrogen and oxygen atoms in total. The molecule has 0 atom stereocenters. The van der Waals surface area contributed by atoms with Crippen molar-refractivity contribution in [2.75, 3.05) is 7.11 Å². The molecule has 0 aliphatic carbocycles. The molecular weight excluding hydrogens is 407 g/mol. The third kappa shape index (κ3) is 4.36. The number of thiophene rings is 1. The summed E-state index contributed by atoms with van der Waals surface area (Å²) in [4.78, 5) is 17.7. The average Bonchev–Trinajstić information content (AvgIpc) is 3.21. The van der Waals surface area contributed by atoms with Gasteiger partial charge >= 0.3 is 0 Å². The molecule has 0 N–H and O–H groups in total. The lowest BCUT2D eigenvalue weighted by Crippen LogP contribution is -2.23. The summed E-state index contributed by atoms with van der Waals surface area (Å²) < 4.78 is 21.4. The van der Waals surface area contributed by atoms with Crippen molar-refractivity contribution in [3.8, 4) is 5.75 Å². The Bertz CT molecular complexity index is 1190. The summed E-state index contributed by atoms with van der Waals surface area (Å²) in [5, 5.41) is 2.53. The van der Waals surface area contributed by atoms with Gasteiger partial charge in [-0.1, -0.05) is 48.2 Å². The number of methoxy groups -OCH3 is 1. The molecule has 4 rings (SSSR count). The van der Waals surface area contributed by atoms with E-state index in [0.29, 0.717) is 27.7 Å². The van der Waals surface area contributed by atoms with Crippen molar-refractivity contribution < 1.29 is 9.13 Å². The monoisotopic (exact) mass is 426 g/mol. The molecule has 0 saturated heterocycles. The van der Waals surface area contributed by atoms with Gasteiger partial charge in [-0.05, 0) is 41.1 Å². The summed E-state index contributed by atoms with van der Waals surface area (Å²) in [6, 6.07) is 16.8. The van der Waals surface area contributed by atoms with Gasteiger partial charge in [0.25, 0.3) is 5.56 Å². The molecule has 2 heterocycles. The van der Waals surface area contributed by atoms with E-state index < -0.39 is 5.82 Å². The zero-order chi connectivity index (χ0) is 20.2. The van der Waals surface area contributed by atoms with E-state index in [1.165, 1.54) is 41.8 Å². The first-order chi connectivity index (χ1) is 14.2. The van der Waals surface area contributed by atoms with Crippen LogP contribution >= 0.6 is 23.1 Å². The second-order valence-corrected chi connectivity index (χ2v) is 8.34. The lowest BCUT2D eigenvalue weighted by molar-refractivity contribution is 0.386. The van der Waals surface area contributed by atoms with E-state index in [9.17, 15) is 9.18 Å². The molecule has 0 aliphatic rings. The van der Waals surface area contributed by atoms with Gasteiger partial charge in [-0.15, -0.1) is 11.3 Å². The largest absolute Gasteiger partial charge is 0.494 e. The normalized spacial score (nSPS) is 11.1. The van der Waals surface area contributed by atoms with Gasteiger partial charge in [0.1, 0.15) is 4.70 Å². The molecule has 0 fully saturated rings. The first-order valence-corrected chi connectivity index (χ1v) is 11.0. The molecule has 0 spiro atoms. The molecule has 2 aromatic carbocycles. The average molecular weight is 427 g/mol. The molecule has 0 bridgehead atoms. The van der Waals surface area contributed by atoms with Crippen LogP contribution in [0.4, 0.5) is 4.39 Å². The number of aromatic nitrogens is 2. The highest BCUT2D eigenvalue weighted by atomic mass is 32.2. The van der Waals surface area contributed by atoms with Crippen LogP contribution in [0, 0.1) is 5.82 Å². The van der Waals surface area contributed by atoms with E-state index in [2.05, 4.69) is 12.1 Å². The molecule has 0 amide bonds. The SMILES string of the molecule is COc1ccc(CSc2nc3ccsc3c(=O)n2CCc2ccccc2)cc1F. The van der Waals surface area contributed by atoms with Crippen LogP contribution in [-0.2, 0) is 18.7 Å². The number of aryl methyl sites for hydroxylation is 1. The molecule has 2 aromatic heterocycles. The third-order valence-electron chi connectivity index (χ3n) is 4.58. The number of nitrogens with zero attached hydrogens (tertiary/aromatic N) is 2. The number of ether oxygens (including phenoxy) is 1. The Morgan fingerprint density at radius 2 is 1.97 bits per heavy atom. The molecular formula is C22H19FN2O2S2. The molecule has 29 heavy (non-hydrogen) atoms. The topological polar surface area (TPSA) is 44.1 Å². The lowest BCUT2D eigenvalue weighted by atomic mass is 10.1. The Hall–Kier alpha value is -2.64. The number of thioether (sulfide) groups is 1. The predicted molar refractivity (Wildman–Crippen MR) is 117 cm³/mol. The van der Waals surface area contributed by atoms with Crippen LogP contribution in [0.3, 0.4) is 0 Å². The van der Waals surface area contributed by atoms with Crippen molar-refractivity contribution in [2.24, 2.45) is 0 Å². The Morgan fingerprint density at radius 1 is 1.14 bits per heavy atom. The summed E-state index contributed by atoms with van der Waals surface area (Å²) in [7, 11) is 1.44. The van der Waals surface area contributed by atoms with Crippen LogP contribution < -0.4 is 10.3 Å². The summed E-state index contributed by atoms with van der Waals surface area (Å²) in [6.45, 7) is 0.545. The Morgan fingerprint density at radius 3 is 2.72 bits per heavy atom. The minimum Gasteiger partial charge on any atom is -0.494 e. The van der Waals surface area contributed by atoms with Gasteiger partial charge in [0, 0.05) is 12.3 Å². The number of hydrogen-bond acceptors (Lipinski definition) is 5. The number of rotatable bonds is 7. The Labute approximate surface area is 176 Å². The minimum absolute atomic E-state index is 0.0238. The fourth-order valence-electron chi connectivity index (χ4n) is 3.06. The van der Waals surface area contributed by atoms with Crippen LogP contribution in [0.25, 0.3) is 10.2 Å². The highest BCUT2D eigenvalue weighted by Crippen LogP contribution is 2.26. The summed E-state index contributed by atoms with van der Waals surface area (Å²) in [6.07, 6.45) is 0.740. The minimum atomic E-state index is -0.395. The first kappa shape index (κ1) is 19.7. The highest BCUT2D eigenvalue weighted by molar-refractivity contribution is 7.98. The van der Waals surface area contributed by atoms with Crippen molar-refractivity contribution in [2.45, 2.75) is 23.9 Å². The van der Waals surface area contributed by atoms with E-state index in [1.807, 2.05) is 35.7 Å². The van der Waals surface area contributed by atoms with Crippen molar-refractivity contribution in [1.82, 2.24) is 9.55 Å². The van der Waals surface area contributed by atoms with Gasteiger partial charge in [0.2, 0.25) is 0 Å². The van der Waals surface area contributed by atoms with Crippen LogP contribution in [-0.4, -0.2) is 16.7 Å². The van der Waals surface area contributed by atoms with Crippen molar-refractivity contribution >= 4 is 33.3 Å². The molecule has 4 aromatic rings. The fourth-order valence-corrected chi connectivity index (χ4v) is 4.81. The molecule has 7 heteroatoms. The summed E-state index contributed by atoms with van der Waals surface area (Å²) in [5.41, 5.74) is 2.66. The van der Waals surface area contributed by atoms with E-state index in [0.717, 1.165) is 12.0 Å². The van der Waals surface area contributed by atoms with Crippen molar-refractivity contribution in [3.63, 3.8) is 0 Å². The van der Waals surface area contributed by atoms with Crippen LogP contribution in [0.1, 0.15) is 11.1 Å². The maximum Gasteiger partial charge on any atom is 0.272 e. The van der Waals surface area contributed by atoms with Crippen molar-refractivity contribution in [3.05, 3.63) is 87.3 Å². The first-order valence-electron chi connectivity index (χ1n) is 9.13. The maximum atomic E-state index is 14.0. The Kier molecular flexibility index (Phi) is 5.97. The van der Waals surface area contributed by atoms with Gasteiger partial charge in [-0.25, -0.2) is 9.37 Å². The third-order valence-corrected chi connectivity index (χ3v) is 6.52. The molecule has 0 unspecified atom stereocenters. The summed E-state index contributed by atoms with van der Waals surface area (Å²) in [5.74, 6) is 0.332. The van der Waals surface area contributed by atoms with E-state index >= 15 is 0 Å². The smallest absolute Gasteiger partial charge is 0.272 e. The van der Waals surface area contributed by atoms with Gasteiger partial charge < -0.3 is 4.74 Å². The van der Waals surface area contributed by atoms with Crippen LogP contribution in [0.15, 0.2) is 69.9 Å². The quantitative estimate of drug-likeness (QED) is 0.303. The van der Waals surface area contributed by atoms with E-state index in [1.54, 1.807) is 10.6 Å². The Balaban J connectivity index is 1.61. The molecule has 0 aliphatic heterocycles. The zero-order valence-corrected chi connectivity index (χ0v) is 17.4. The van der Waals surface area contributed by atoms with Gasteiger partial charge in [-0.3, -0.25) is 9.36 Å². The summed E-state index contributed by atoms with van der Waals surface area (Å²) >= 11 is 2.85. The number of benzene rings is 2. The maximum absolute atomic E-state index is 14.0. The molecule has 0 saturated carbocycles. The number of hydrogen-bond donors (Lipinski definition) is 0. The van der Waals surface area contributed by atoms with Crippen LogP contribution in [0.5, 0.6) is 5.75 Å². The van der Waals surface area contributed by atoms with Crippen LogP contribution in [0.2, 0.25) is 0 Å². The predicted octanol–water partition coefficient (Wildman–Crippen LogP) is 5.14. The molecule has 0 radical (unpaired) electrons. The standard InChI is InChI=1S/C22H19FN2O2S2/c1-27-19-8-7-16(13-17(19)23)14-29-22-24-18-10-12-28-20(18)21(26)25(22)11-9-15-5-3-2-4-6-15/h2-8,10,12-13H,9,11,14H2,1H3. The van der Waals surface area contributed by atoms with Gasteiger partial charge in [-0.2, -0.15) is 0 Å². The highest BCUT2D eigenvalue weighted by Gasteiger charge is 2.13. The van der Waals surface area contributed by atoms with Gasteiger partial charge in [0.05, 0.1) is 12.6 Å². The fraction of sp³-hybridized carbons (Fsp3) is 0.182. The van der Waals surface area contributed by atoms with Gasteiger partial charge in [0.15, 0.2) is 16.7 Å². The number of halogens is 1. The second-order valence-electron chi connectivity index (χ2n) is 6.48. The lowest BCUT2D eigenvalue weighted by Gasteiger charge is -2.12. The van der Waals surface area contributed by atoms with Crippen molar-refractivity contribution in [1.29, 1.82) is 0 Å². The zero-order valence-electron chi connectivity index (χ0n) is 15.8. The van der Waals surface area contributed by atoms with E-state index in [4.69, 9.17) is 9.72 Å². The second kappa shape index (κ2) is 8.80. The molecule has 148 valence electrons.